The smallest absolute Gasteiger partial charge is 0.232 e. The molecule has 128 valence electrons. The fraction of sp³-hybridized carbons (Fsp3) is 0.824. The molecule has 1 aliphatic carbocycles. The molecular formula is C17H28N4O2. The van der Waals surface area contributed by atoms with E-state index in [9.17, 15) is 4.79 Å². The van der Waals surface area contributed by atoms with Crippen molar-refractivity contribution >= 4 is 5.91 Å². The molecule has 1 N–H and O–H groups in total. The number of amides is 1. The molecule has 2 heterocycles. The maximum Gasteiger partial charge on any atom is 0.232 e. The zero-order valence-electron chi connectivity index (χ0n) is 14.4. The average Bonchev–Trinajstić information content (AvgIpc) is 3.15. The van der Waals surface area contributed by atoms with Gasteiger partial charge in [0, 0.05) is 31.5 Å². The van der Waals surface area contributed by atoms with Gasteiger partial charge in [-0.1, -0.05) is 12.1 Å². The van der Waals surface area contributed by atoms with Crippen molar-refractivity contribution in [3.05, 3.63) is 11.7 Å². The molecule has 0 bridgehead atoms. The van der Waals surface area contributed by atoms with Crippen molar-refractivity contribution in [2.75, 3.05) is 13.6 Å². The number of carbonyl (C=O) groups excluding carboxylic acids is 1. The summed E-state index contributed by atoms with van der Waals surface area (Å²) in [6.07, 6.45) is 5.97. The largest absolute Gasteiger partial charge is 0.339 e. The van der Waals surface area contributed by atoms with Crippen molar-refractivity contribution in [2.24, 2.45) is 5.92 Å². The number of nitrogens with zero attached hydrogens (tertiary/aromatic N) is 3. The maximum absolute atomic E-state index is 12.4. The van der Waals surface area contributed by atoms with Crippen LogP contribution in [-0.4, -0.2) is 46.6 Å². The van der Waals surface area contributed by atoms with Crippen LogP contribution < -0.4 is 5.32 Å². The Morgan fingerprint density at radius 1 is 1.35 bits per heavy atom. The first-order chi connectivity index (χ1) is 11.1. The summed E-state index contributed by atoms with van der Waals surface area (Å²) < 4.78 is 5.43. The lowest BCUT2D eigenvalue weighted by Gasteiger charge is -2.33. The van der Waals surface area contributed by atoms with Gasteiger partial charge < -0.3 is 14.7 Å². The third-order valence-electron chi connectivity index (χ3n) is 5.40. The summed E-state index contributed by atoms with van der Waals surface area (Å²) in [6, 6.07) is 0.724. The van der Waals surface area contributed by atoms with Crippen molar-refractivity contribution in [2.45, 2.75) is 70.4 Å². The van der Waals surface area contributed by atoms with E-state index in [2.05, 4.69) is 34.2 Å². The first-order valence-electron chi connectivity index (χ1n) is 8.86. The van der Waals surface area contributed by atoms with Crippen LogP contribution in [0.2, 0.25) is 0 Å². The van der Waals surface area contributed by atoms with Gasteiger partial charge >= 0.3 is 0 Å². The molecule has 1 saturated carbocycles. The van der Waals surface area contributed by atoms with Crippen molar-refractivity contribution in [3.8, 4) is 0 Å². The van der Waals surface area contributed by atoms with E-state index in [-0.39, 0.29) is 11.8 Å². The van der Waals surface area contributed by atoms with Crippen LogP contribution in [0.5, 0.6) is 0 Å². The molecule has 1 amide bonds. The number of hydrogen-bond acceptors (Lipinski definition) is 5. The molecule has 0 spiro atoms. The van der Waals surface area contributed by atoms with Crippen molar-refractivity contribution in [1.29, 1.82) is 0 Å². The van der Waals surface area contributed by atoms with Crippen LogP contribution in [0.25, 0.3) is 0 Å². The molecule has 1 saturated heterocycles. The summed E-state index contributed by atoms with van der Waals surface area (Å²) in [5, 5.41) is 7.23. The normalized spacial score (nSPS) is 30.0. The lowest BCUT2D eigenvalue weighted by atomic mass is 9.87. The van der Waals surface area contributed by atoms with Crippen molar-refractivity contribution in [3.63, 3.8) is 0 Å². The molecule has 1 aromatic rings. The van der Waals surface area contributed by atoms with E-state index >= 15 is 0 Å². The lowest BCUT2D eigenvalue weighted by molar-refractivity contribution is -0.130. The zero-order chi connectivity index (χ0) is 16.4. The van der Waals surface area contributed by atoms with Gasteiger partial charge in [0.15, 0.2) is 5.82 Å². The number of hydrogen-bond donors (Lipinski definition) is 1. The third kappa shape index (κ3) is 3.74. The summed E-state index contributed by atoms with van der Waals surface area (Å²) in [7, 11) is 1.92. The average molecular weight is 320 g/mol. The predicted molar refractivity (Wildman–Crippen MR) is 87.0 cm³/mol. The molecule has 3 rings (SSSR count). The highest BCUT2D eigenvalue weighted by Gasteiger charge is 2.38. The Hall–Kier alpha value is -1.43. The third-order valence-corrected chi connectivity index (χ3v) is 5.40. The molecule has 1 aliphatic heterocycles. The molecule has 2 atom stereocenters. The highest BCUT2D eigenvalue weighted by Crippen LogP contribution is 2.34. The van der Waals surface area contributed by atoms with E-state index in [1.165, 1.54) is 12.8 Å². The lowest BCUT2D eigenvalue weighted by Crippen LogP contribution is -2.38. The van der Waals surface area contributed by atoms with E-state index in [1.807, 2.05) is 7.05 Å². The second-order valence-corrected chi connectivity index (χ2v) is 7.30. The SMILES string of the molecule is CNC(C)Cc1noc(C2CC(=O)N(C3CCC(C)CC3)C2)n1. The van der Waals surface area contributed by atoms with Crippen molar-refractivity contribution < 1.29 is 9.32 Å². The molecule has 1 aromatic heterocycles. The van der Waals surface area contributed by atoms with Crippen LogP contribution in [0.4, 0.5) is 0 Å². The number of rotatable bonds is 5. The molecule has 2 unspecified atom stereocenters. The van der Waals surface area contributed by atoms with Gasteiger partial charge in [0.25, 0.3) is 0 Å². The number of nitrogens with one attached hydrogen (secondary N) is 1. The Morgan fingerprint density at radius 2 is 2.09 bits per heavy atom. The van der Waals surface area contributed by atoms with E-state index in [4.69, 9.17) is 4.52 Å². The Bertz CT molecular complexity index is 536. The Morgan fingerprint density at radius 3 is 2.78 bits per heavy atom. The summed E-state index contributed by atoms with van der Waals surface area (Å²) in [5.41, 5.74) is 0. The summed E-state index contributed by atoms with van der Waals surface area (Å²) in [6.45, 7) is 5.12. The summed E-state index contributed by atoms with van der Waals surface area (Å²) in [5.74, 6) is 2.46. The molecule has 2 aliphatic rings. The monoisotopic (exact) mass is 320 g/mol. The summed E-state index contributed by atoms with van der Waals surface area (Å²) >= 11 is 0. The molecule has 2 fully saturated rings. The Kier molecular flexibility index (Phi) is 4.99. The summed E-state index contributed by atoms with van der Waals surface area (Å²) in [4.78, 5) is 19.0. The van der Waals surface area contributed by atoms with Gasteiger partial charge in [-0.25, -0.2) is 0 Å². The fourth-order valence-corrected chi connectivity index (χ4v) is 3.70. The standard InChI is InChI=1S/C17H28N4O2/c1-11-4-6-14(7-5-11)21-10-13(9-16(21)22)17-19-15(20-23-17)8-12(2)18-3/h11-14,18H,4-10H2,1-3H3. The highest BCUT2D eigenvalue weighted by atomic mass is 16.5. The predicted octanol–water partition coefficient (Wildman–Crippen LogP) is 2.11. The van der Waals surface area contributed by atoms with Crippen LogP contribution >= 0.6 is 0 Å². The number of likely N-dealkylation sites (N-methyl/N-ethyl adjacent to an activating group) is 1. The van der Waals surface area contributed by atoms with Gasteiger partial charge in [-0.15, -0.1) is 0 Å². The number of carbonyl (C=O) groups is 1. The van der Waals surface area contributed by atoms with E-state index in [1.54, 1.807) is 0 Å². The topological polar surface area (TPSA) is 71.3 Å². The zero-order valence-corrected chi connectivity index (χ0v) is 14.4. The van der Waals surface area contributed by atoms with Crippen LogP contribution in [0.1, 0.15) is 63.6 Å². The second kappa shape index (κ2) is 6.99. The molecule has 0 radical (unpaired) electrons. The van der Waals surface area contributed by atoms with E-state index in [0.717, 1.165) is 37.5 Å². The first kappa shape index (κ1) is 16.4. The first-order valence-corrected chi connectivity index (χ1v) is 8.86. The van der Waals surface area contributed by atoms with Gasteiger partial charge in [-0.3, -0.25) is 4.79 Å². The highest BCUT2D eigenvalue weighted by molar-refractivity contribution is 5.79. The van der Waals surface area contributed by atoms with Gasteiger partial charge in [-0.2, -0.15) is 4.98 Å². The Labute approximate surface area is 138 Å². The van der Waals surface area contributed by atoms with Crippen LogP contribution in [0.15, 0.2) is 4.52 Å². The molecule has 6 heteroatoms. The molecular weight excluding hydrogens is 292 g/mol. The molecule has 23 heavy (non-hydrogen) atoms. The molecule has 6 nitrogen and oxygen atoms in total. The quantitative estimate of drug-likeness (QED) is 0.900. The van der Waals surface area contributed by atoms with E-state index < -0.39 is 0 Å². The minimum absolute atomic E-state index is 0.0630. The Balaban J connectivity index is 1.61. The van der Waals surface area contributed by atoms with Crippen LogP contribution in [0.3, 0.4) is 0 Å². The fourth-order valence-electron chi connectivity index (χ4n) is 3.70. The minimum Gasteiger partial charge on any atom is -0.339 e. The second-order valence-electron chi connectivity index (χ2n) is 7.30. The van der Waals surface area contributed by atoms with Gasteiger partial charge in [0.2, 0.25) is 11.8 Å². The molecule has 0 aromatic carbocycles. The maximum atomic E-state index is 12.4. The minimum atomic E-state index is 0.0630. The van der Waals surface area contributed by atoms with Crippen LogP contribution in [-0.2, 0) is 11.2 Å². The number of likely N-dealkylation sites (tertiary alicyclic amines) is 1. The van der Waals surface area contributed by atoms with Crippen LogP contribution in [0, 0.1) is 5.92 Å². The van der Waals surface area contributed by atoms with E-state index in [0.29, 0.717) is 24.4 Å². The van der Waals surface area contributed by atoms with Gasteiger partial charge in [0.1, 0.15) is 0 Å². The van der Waals surface area contributed by atoms with Crippen molar-refractivity contribution in [1.82, 2.24) is 20.4 Å². The van der Waals surface area contributed by atoms with Gasteiger partial charge in [-0.05, 0) is 45.6 Å². The number of aromatic nitrogens is 2. The van der Waals surface area contributed by atoms with Gasteiger partial charge in [0.05, 0.1) is 5.92 Å².